The fourth-order valence-corrected chi connectivity index (χ4v) is 4.50. The molecule has 3 heterocycles. The molecule has 10 heteroatoms. The van der Waals surface area contributed by atoms with E-state index in [2.05, 4.69) is 30.3 Å². The molecule has 2 saturated heterocycles. The minimum atomic E-state index is 0.331. The Morgan fingerprint density at radius 1 is 1.03 bits per heavy atom. The normalized spacial score (nSPS) is 20.2. The number of hydrogen-bond donors (Lipinski definition) is 2. The van der Waals surface area contributed by atoms with Crippen LogP contribution in [0.1, 0.15) is 24.0 Å². The SMILES string of the molecule is Oc1cccc2c1CCC/C2=N\Nc1cc(N2CCOCC2)nc(OCCN2CCOCC2)n1. The quantitative estimate of drug-likeness (QED) is 0.590. The van der Waals surface area contributed by atoms with Crippen molar-refractivity contribution < 1.29 is 19.3 Å². The predicted octanol–water partition coefficient (Wildman–Crippen LogP) is 1.88. The highest BCUT2D eigenvalue weighted by molar-refractivity contribution is 6.03. The highest BCUT2D eigenvalue weighted by atomic mass is 16.5. The number of ether oxygens (including phenoxy) is 3. The molecule has 3 aliphatic rings. The highest BCUT2D eigenvalue weighted by Crippen LogP contribution is 2.29. The third kappa shape index (κ3) is 5.57. The Hall–Kier alpha value is -2.95. The number of hydrazone groups is 1. The van der Waals surface area contributed by atoms with Crippen LogP contribution in [-0.4, -0.2) is 91.4 Å². The Morgan fingerprint density at radius 2 is 1.82 bits per heavy atom. The standard InChI is InChI=1S/C24H32N6O4/c31-21-6-2-3-18-19(21)4-1-5-20(18)27-28-22-17-23(30-10-14-33-15-11-30)26-24(25-22)34-16-9-29-7-12-32-13-8-29/h2-3,6,17,31H,1,4-5,7-16H2,(H,25,26,28)/b27-20+. The van der Waals surface area contributed by atoms with Crippen LogP contribution in [0.2, 0.25) is 0 Å². The molecule has 0 atom stereocenters. The Bertz CT molecular complexity index is 1000. The molecule has 1 aromatic heterocycles. The number of nitrogens with zero attached hydrogens (tertiary/aromatic N) is 5. The largest absolute Gasteiger partial charge is 0.508 e. The molecule has 1 aromatic carbocycles. The smallest absolute Gasteiger partial charge is 0.320 e. The van der Waals surface area contributed by atoms with Crippen LogP contribution in [-0.2, 0) is 15.9 Å². The summed E-state index contributed by atoms with van der Waals surface area (Å²) in [4.78, 5) is 13.7. The van der Waals surface area contributed by atoms with Crippen LogP contribution < -0.4 is 15.1 Å². The summed E-state index contributed by atoms with van der Waals surface area (Å²) in [6.45, 7) is 7.54. The number of aromatic hydroxyl groups is 1. The lowest BCUT2D eigenvalue weighted by Gasteiger charge is -2.28. The molecule has 2 aromatic rings. The third-order valence-corrected chi connectivity index (χ3v) is 6.38. The molecule has 0 amide bonds. The average molecular weight is 469 g/mol. The number of aromatic nitrogens is 2. The summed E-state index contributed by atoms with van der Waals surface area (Å²) in [7, 11) is 0. The van der Waals surface area contributed by atoms with Crippen LogP contribution >= 0.6 is 0 Å². The van der Waals surface area contributed by atoms with Crippen molar-refractivity contribution in [2.45, 2.75) is 19.3 Å². The van der Waals surface area contributed by atoms with Crippen molar-refractivity contribution in [1.29, 1.82) is 0 Å². The van der Waals surface area contributed by atoms with E-state index in [9.17, 15) is 5.11 Å². The van der Waals surface area contributed by atoms with Gasteiger partial charge in [0.05, 0.1) is 32.1 Å². The highest BCUT2D eigenvalue weighted by Gasteiger charge is 2.19. The number of anilines is 2. The van der Waals surface area contributed by atoms with Gasteiger partial charge in [-0.25, -0.2) is 0 Å². The summed E-state index contributed by atoms with van der Waals surface area (Å²) in [5, 5.41) is 14.9. The van der Waals surface area contributed by atoms with E-state index < -0.39 is 0 Å². The van der Waals surface area contributed by atoms with Crippen molar-refractivity contribution in [3.05, 3.63) is 35.4 Å². The fraction of sp³-hybridized carbons (Fsp3) is 0.542. The van der Waals surface area contributed by atoms with Crippen LogP contribution in [0.5, 0.6) is 11.8 Å². The maximum absolute atomic E-state index is 10.2. The summed E-state index contributed by atoms with van der Waals surface area (Å²) in [6.07, 6.45) is 2.65. The van der Waals surface area contributed by atoms with Gasteiger partial charge >= 0.3 is 6.01 Å². The van der Waals surface area contributed by atoms with Crippen LogP contribution in [0.25, 0.3) is 0 Å². The molecule has 34 heavy (non-hydrogen) atoms. The molecule has 5 rings (SSSR count). The van der Waals surface area contributed by atoms with E-state index in [4.69, 9.17) is 14.2 Å². The van der Waals surface area contributed by atoms with Gasteiger partial charge in [-0.15, -0.1) is 0 Å². The van der Waals surface area contributed by atoms with Gasteiger partial charge in [-0.1, -0.05) is 12.1 Å². The van der Waals surface area contributed by atoms with Gasteiger partial charge < -0.3 is 24.2 Å². The molecular weight excluding hydrogens is 436 g/mol. The molecule has 0 saturated carbocycles. The van der Waals surface area contributed by atoms with Gasteiger partial charge in [0.2, 0.25) is 0 Å². The molecule has 0 unspecified atom stereocenters. The molecule has 10 nitrogen and oxygen atoms in total. The summed E-state index contributed by atoms with van der Waals surface area (Å²) in [5.41, 5.74) is 5.99. The van der Waals surface area contributed by atoms with Crippen molar-refractivity contribution in [3.63, 3.8) is 0 Å². The molecule has 2 N–H and O–H groups in total. The zero-order chi connectivity index (χ0) is 23.2. The van der Waals surface area contributed by atoms with Gasteiger partial charge in [0.1, 0.15) is 18.2 Å². The van der Waals surface area contributed by atoms with Gasteiger partial charge in [-0.05, 0) is 25.3 Å². The van der Waals surface area contributed by atoms with Crippen LogP contribution in [0.3, 0.4) is 0 Å². The van der Waals surface area contributed by atoms with E-state index in [0.717, 1.165) is 87.9 Å². The van der Waals surface area contributed by atoms with Gasteiger partial charge in [-0.2, -0.15) is 15.1 Å². The maximum atomic E-state index is 10.2. The van der Waals surface area contributed by atoms with Crippen LogP contribution in [0, 0.1) is 0 Å². The average Bonchev–Trinajstić information content (AvgIpc) is 2.89. The van der Waals surface area contributed by atoms with Gasteiger partial charge in [0.15, 0.2) is 5.82 Å². The number of hydrogen-bond acceptors (Lipinski definition) is 10. The van der Waals surface area contributed by atoms with E-state index in [1.165, 1.54) is 0 Å². The number of rotatable bonds is 7. The molecule has 182 valence electrons. The van der Waals surface area contributed by atoms with Crippen LogP contribution in [0.4, 0.5) is 11.6 Å². The van der Waals surface area contributed by atoms with E-state index in [0.29, 0.717) is 37.4 Å². The molecule has 0 radical (unpaired) electrons. The first-order chi connectivity index (χ1) is 16.8. The van der Waals surface area contributed by atoms with Crippen molar-refractivity contribution in [3.8, 4) is 11.8 Å². The number of benzene rings is 1. The molecule has 1 aliphatic carbocycles. The monoisotopic (exact) mass is 468 g/mol. The van der Waals surface area contributed by atoms with Crippen molar-refractivity contribution in [2.75, 3.05) is 76.1 Å². The first-order valence-electron chi connectivity index (χ1n) is 12.0. The maximum Gasteiger partial charge on any atom is 0.320 e. The summed E-state index contributed by atoms with van der Waals surface area (Å²) >= 11 is 0. The Balaban J connectivity index is 1.33. The number of nitrogens with one attached hydrogen (secondary N) is 1. The Kier molecular flexibility index (Phi) is 7.37. The van der Waals surface area contributed by atoms with Crippen molar-refractivity contribution >= 4 is 17.3 Å². The summed E-state index contributed by atoms with van der Waals surface area (Å²) < 4.78 is 16.9. The van der Waals surface area contributed by atoms with E-state index in [1.54, 1.807) is 6.07 Å². The second-order valence-corrected chi connectivity index (χ2v) is 8.62. The van der Waals surface area contributed by atoms with E-state index in [-0.39, 0.29) is 0 Å². The number of phenols is 1. The molecule has 2 aliphatic heterocycles. The fourth-order valence-electron chi connectivity index (χ4n) is 4.50. The van der Waals surface area contributed by atoms with Gasteiger partial charge in [0, 0.05) is 49.9 Å². The third-order valence-electron chi connectivity index (χ3n) is 6.38. The second-order valence-electron chi connectivity index (χ2n) is 8.62. The predicted molar refractivity (Wildman–Crippen MR) is 129 cm³/mol. The molecule has 0 bridgehead atoms. The second kappa shape index (κ2) is 11.0. The first kappa shape index (κ1) is 22.8. The first-order valence-corrected chi connectivity index (χ1v) is 12.0. The summed E-state index contributed by atoms with van der Waals surface area (Å²) in [6, 6.07) is 7.83. The lowest BCUT2D eigenvalue weighted by atomic mass is 9.89. The number of morpholine rings is 2. The van der Waals surface area contributed by atoms with E-state index >= 15 is 0 Å². The van der Waals surface area contributed by atoms with Gasteiger partial charge in [-0.3, -0.25) is 10.3 Å². The van der Waals surface area contributed by atoms with E-state index in [1.807, 2.05) is 18.2 Å². The zero-order valence-corrected chi connectivity index (χ0v) is 19.4. The van der Waals surface area contributed by atoms with Crippen molar-refractivity contribution in [2.24, 2.45) is 5.10 Å². The lowest BCUT2D eigenvalue weighted by Crippen LogP contribution is -2.39. The molecular formula is C24H32N6O4. The molecule has 0 spiro atoms. The number of phenolic OH excluding ortho intramolecular Hbond substituents is 1. The van der Waals surface area contributed by atoms with Crippen molar-refractivity contribution in [1.82, 2.24) is 14.9 Å². The minimum Gasteiger partial charge on any atom is -0.508 e. The topological polar surface area (TPSA) is 105 Å². The minimum absolute atomic E-state index is 0.331. The lowest BCUT2D eigenvalue weighted by molar-refractivity contribution is 0.0317. The number of fused-ring (bicyclic) bond motifs is 1. The Labute approximate surface area is 199 Å². The Morgan fingerprint density at radius 3 is 2.65 bits per heavy atom. The molecule has 2 fully saturated rings. The zero-order valence-electron chi connectivity index (χ0n) is 19.4. The van der Waals surface area contributed by atoms with Gasteiger partial charge in [0.25, 0.3) is 0 Å². The van der Waals surface area contributed by atoms with Crippen LogP contribution in [0.15, 0.2) is 29.4 Å². The summed E-state index contributed by atoms with van der Waals surface area (Å²) in [5.74, 6) is 1.71.